The smallest absolute Gasteiger partial charge is 0.302 e. The van der Waals surface area contributed by atoms with E-state index in [1.165, 1.54) is 11.1 Å². The first-order chi connectivity index (χ1) is 8.90. The van der Waals surface area contributed by atoms with Crippen LogP contribution in [0.2, 0.25) is 0 Å². The number of amides is 1. The van der Waals surface area contributed by atoms with Crippen molar-refractivity contribution in [2.75, 3.05) is 17.2 Å². The van der Waals surface area contributed by atoms with Crippen LogP contribution in [0.3, 0.4) is 0 Å². The van der Waals surface area contributed by atoms with E-state index >= 15 is 0 Å². The summed E-state index contributed by atoms with van der Waals surface area (Å²) in [6.07, 6.45) is 1.37. The first-order valence-electron chi connectivity index (χ1n) is 5.48. The molecule has 2 rings (SSSR count). The summed E-state index contributed by atoms with van der Waals surface area (Å²) in [7, 11) is -4.61. The SMILES string of the molecule is N#Cc1ncccc1N1CC(CS(=O)(=O)F)CC1=O. The predicted octanol–water partition coefficient (Wildman–Crippen LogP) is 0.605. The van der Waals surface area contributed by atoms with Crippen LogP contribution >= 0.6 is 0 Å². The number of pyridine rings is 1. The van der Waals surface area contributed by atoms with E-state index in [0.29, 0.717) is 5.69 Å². The van der Waals surface area contributed by atoms with Crippen molar-refractivity contribution in [1.82, 2.24) is 4.98 Å². The molecule has 0 spiro atoms. The molecular weight excluding hydrogens is 273 g/mol. The summed E-state index contributed by atoms with van der Waals surface area (Å²) in [5.74, 6) is -1.62. The third-order valence-electron chi connectivity index (χ3n) is 2.82. The minimum atomic E-state index is -4.61. The van der Waals surface area contributed by atoms with Gasteiger partial charge in [-0.15, -0.1) is 3.89 Å². The monoisotopic (exact) mass is 283 g/mol. The number of rotatable bonds is 3. The minimum Gasteiger partial charge on any atom is -0.309 e. The molecule has 0 aliphatic carbocycles. The standard InChI is InChI=1S/C11H10FN3O3S/c12-19(17,18)7-8-4-11(16)15(6-8)10-2-1-3-14-9(10)5-13/h1-3,8H,4,6-7H2. The Morgan fingerprint density at radius 2 is 2.32 bits per heavy atom. The molecule has 1 aromatic heterocycles. The van der Waals surface area contributed by atoms with Crippen molar-refractivity contribution >= 4 is 21.8 Å². The van der Waals surface area contributed by atoms with Crippen LogP contribution in [0, 0.1) is 17.2 Å². The highest BCUT2D eigenvalue weighted by Crippen LogP contribution is 2.27. The summed E-state index contributed by atoms with van der Waals surface area (Å²) in [6.45, 7) is 0.0718. The molecule has 0 saturated carbocycles. The lowest BCUT2D eigenvalue weighted by Gasteiger charge is -2.16. The van der Waals surface area contributed by atoms with Gasteiger partial charge in [-0.05, 0) is 12.1 Å². The molecule has 100 valence electrons. The second-order valence-electron chi connectivity index (χ2n) is 4.26. The number of nitriles is 1. The first kappa shape index (κ1) is 13.4. The van der Waals surface area contributed by atoms with Crippen LogP contribution < -0.4 is 4.90 Å². The summed E-state index contributed by atoms with van der Waals surface area (Å²) in [5, 5.41) is 8.91. The van der Waals surface area contributed by atoms with Crippen LogP contribution in [0.15, 0.2) is 18.3 Å². The van der Waals surface area contributed by atoms with Gasteiger partial charge in [0.1, 0.15) is 6.07 Å². The van der Waals surface area contributed by atoms with E-state index in [1.54, 1.807) is 12.1 Å². The molecule has 1 aromatic rings. The molecule has 1 atom stereocenters. The molecule has 1 aliphatic rings. The van der Waals surface area contributed by atoms with Crippen molar-refractivity contribution in [3.05, 3.63) is 24.0 Å². The van der Waals surface area contributed by atoms with Gasteiger partial charge in [-0.1, -0.05) is 0 Å². The Kier molecular flexibility index (Phi) is 3.48. The number of anilines is 1. The zero-order valence-corrected chi connectivity index (χ0v) is 10.6. The average Bonchev–Trinajstić information content (AvgIpc) is 2.67. The Hall–Kier alpha value is -2.01. The molecule has 19 heavy (non-hydrogen) atoms. The molecule has 1 unspecified atom stereocenters. The number of halogens is 1. The summed E-state index contributed by atoms with van der Waals surface area (Å²) in [6, 6.07) is 4.98. The van der Waals surface area contributed by atoms with Gasteiger partial charge in [0.15, 0.2) is 5.69 Å². The van der Waals surface area contributed by atoms with Crippen LogP contribution in [0.1, 0.15) is 12.1 Å². The van der Waals surface area contributed by atoms with Gasteiger partial charge in [0.2, 0.25) is 5.91 Å². The van der Waals surface area contributed by atoms with Gasteiger partial charge in [0.05, 0.1) is 11.4 Å². The Morgan fingerprint density at radius 3 is 2.95 bits per heavy atom. The van der Waals surface area contributed by atoms with Gasteiger partial charge in [0, 0.05) is 25.1 Å². The zero-order valence-electron chi connectivity index (χ0n) is 9.78. The molecular formula is C11H10FN3O3S. The van der Waals surface area contributed by atoms with E-state index in [0.717, 1.165) is 0 Å². The van der Waals surface area contributed by atoms with Gasteiger partial charge in [-0.2, -0.15) is 13.7 Å². The highest BCUT2D eigenvalue weighted by atomic mass is 32.3. The number of hydrogen-bond acceptors (Lipinski definition) is 5. The van der Waals surface area contributed by atoms with Crippen LogP contribution in [-0.4, -0.2) is 31.6 Å². The van der Waals surface area contributed by atoms with Crippen molar-refractivity contribution in [2.45, 2.75) is 6.42 Å². The van der Waals surface area contributed by atoms with E-state index in [1.807, 2.05) is 6.07 Å². The fourth-order valence-electron chi connectivity index (χ4n) is 2.11. The normalized spacial score (nSPS) is 19.5. The quantitative estimate of drug-likeness (QED) is 0.758. The topological polar surface area (TPSA) is 91.1 Å². The van der Waals surface area contributed by atoms with E-state index in [9.17, 15) is 17.1 Å². The number of aromatic nitrogens is 1. The minimum absolute atomic E-state index is 0.0527. The second-order valence-corrected chi connectivity index (χ2v) is 5.67. The van der Waals surface area contributed by atoms with Crippen LogP contribution in [-0.2, 0) is 15.0 Å². The van der Waals surface area contributed by atoms with Crippen molar-refractivity contribution in [3.63, 3.8) is 0 Å². The molecule has 6 nitrogen and oxygen atoms in total. The number of hydrogen-bond donors (Lipinski definition) is 0. The Balaban J connectivity index is 2.24. The maximum absolute atomic E-state index is 12.6. The molecule has 2 heterocycles. The van der Waals surface area contributed by atoms with Crippen molar-refractivity contribution < 1.29 is 17.1 Å². The molecule has 1 saturated heterocycles. The molecule has 0 aromatic carbocycles. The van der Waals surface area contributed by atoms with E-state index < -0.39 is 21.9 Å². The van der Waals surface area contributed by atoms with Crippen LogP contribution in [0.5, 0.6) is 0 Å². The molecule has 1 fully saturated rings. The van der Waals surface area contributed by atoms with Crippen molar-refractivity contribution in [2.24, 2.45) is 5.92 Å². The maximum atomic E-state index is 12.6. The van der Waals surface area contributed by atoms with Gasteiger partial charge in [-0.25, -0.2) is 4.98 Å². The predicted molar refractivity (Wildman–Crippen MR) is 64.3 cm³/mol. The number of carbonyl (C=O) groups excluding carboxylic acids is 1. The van der Waals surface area contributed by atoms with Crippen LogP contribution in [0.25, 0.3) is 0 Å². The maximum Gasteiger partial charge on any atom is 0.302 e. The van der Waals surface area contributed by atoms with Gasteiger partial charge >= 0.3 is 10.2 Å². The molecule has 0 bridgehead atoms. The molecule has 0 radical (unpaired) electrons. The van der Waals surface area contributed by atoms with Gasteiger partial charge < -0.3 is 4.90 Å². The van der Waals surface area contributed by atoms with Crippen molar-refractivity contribution in [1.29, 1.82) is 5.26 Å². The van der Waals surface area contributed by atoms with Crippen molar-refractivity contribution in [3.8, 4) is 6.07 Å². The fourth-order valence-corrected chi connectivity index (χ4v) is 2.89. The molecule has 8 heteroatoms. The fraction of sp³-hybridized carbons (Fsp3) is 0.364. The third-order valence-corrected chi connectivity index (χ3v) is 3.69. The molecule has 1 amide bonds. The lowest BCUT2D eigenvalue weighted by Crippen LogP contribution is -2.26. The van der Waals surface area contributed by atoms with E-state index in [-0.39, 0.29) is 24.6 Å². The average molecular weight is 283 g/mol. The first-order valence-corrected chi connectivity index (χ1v) is 7.04. The lowest BCUT2D eigenvalue weighted by atomic mass is 10.1. The lowest BCUT2D eigenvalue weighted by molar-refractivity contribution is -0.117. The van der Waals surface area contributed by atoms with Gasteiger partial charge in [0.25, 0.3) is 0 Å². The van der Waals surface area contributed by atoms with Gasteiger partial charge in [-0.3, -0.25) is 4.79 Å². The Bertz CT molecular complexity index is 653. The van der Waals surface area contributed by atoms with E-state index in [4.69, 9.17) is 5.26 Å². The second kappa shape index (κ2) is 4.93. The number of carbonyl (C=O) groups is 1. The molecule has 0 N–H and O–H groups in total. The summed E-state index contributed by atoms with van der Waals surface area (Å²) >= 11 is 0. The summed E-state index contributed by atoms with van der Waals surface area (Å²) < 4.78 is 33.8. The summed E-state index contributed by atoms with van der Waals surface area (Å²) in [4.78, 5) is 16.9. The Labute approximate surface area is 109 Å². The Morgan fingerprint density at radius 1 is 1.58 bits per heavy atom. The van der Waals surface area contributed by atoms with Crippen LogP contribution in [0.4, 0.5) is 9.57 Å². The van der Waals surface area contributed by atoms with E-state index in [2.05, 4.69) is 4.98 Å². The largest absolute Gasteiger partial charge is 0.309 e. The molecule has 1 aliphatic heterocycles. The number of nitrogens with zero attached hydrogens (tertiary/aromatic N) is 3. The highest BCUT2D eigenvalue weighted by Gasteiger charge is 2.34. The highest BCUT2D eigenvalue weighted by molar-refractivity contribution is 7.86. The third kappa shape index (κ3) is 3.06. The summed E-state index contributed by atoms with van der Waals surface area (Å²) in [5.41, 5.74) is 0.411. The zero-order chi connectivity index (χ0) is 14.0.